The highest BCUT2D eigenvalue weighted by Crippen LogP contribution is 2.29. The molecule has 21 heavy (non-hydrogen) atoms. The van der Waals surface area contributed by atoms with E-state index in [1.807, 2.05) is 0 Å². The molecular weight excluding hydrogens is 254 g/mol. The summed E-state index contributed by atoms with van der Waals surface area (Å²) in [4.78, 5) is 0. The largest absolute Gasteiger partial charge is 0.340 e. The molecule has 3 rings (SSSR count). The SMILES string of the molecule is CCCCCC(c1ccccc1)n1ccc2ccccc21. The van der Waals surface area contributed by atoms with Crippen LogP contribution in [0.25, 0.3) is 10.9 Å². The normalized spacial score (nSPS) is 12.6. The summed E-state index contributed by atoms with van der Waals surface area (Å²) >= 11 is 0. The standard InChI is InChI=1S/C20H23N/c1-2-3-5-13-19(17-10-6-4-7-11-17)21-16-15-18-12-8-9-14-20(18)21/h4,6-12,14-16,19H,2-3,5,13H2,1H3. The van der Waals surface area contributed by atoms with Crippen molar-refractivity contribution in [2.75, 3.05) is 0 Å². The van der Waals surface area contributed by atoms with E-state index < -0.39 is 0 Å². The average Bonchev–Trinajstić information content (AvgIpc) is 2.96. The Morgan fingerprint density at radius 3 is 2.43 bits per heavy atom. The number of benzene rings is 2. The summed E-state index contributed by atoms with van der Waals surface area (Å²) in [5.74, 6) is 0. The van der Waals surface area contributed by atoms with E-state index in [4.69, 9.17) is 0 Å². The third-order valence-electron chi connectivity index (χ3n) is 4.23. The highest BCUT2D eigenvalue weighted by molar-refractivity contribution is 5.80. The molecule has 1 aromatic heterocycles. The van der Waals surface area contributed by atoms with Gasteiger partial charge in [-0.1, -0.05) is 74.7 Å². The Balaban J connectivity index is 1.98. The fraction of sp³-hybridized carbons (Fsp3) is 0.300. The van der Waals surface area contributed by atoms with Gasteiger partial charge in [0.15, 0.2) is 0 Å². The van der Waals surface area contributed by atoms with Gasteiger partial charge in [-0.05, 0) is 29.5 Å². The number of hydrogen-bond donors (Lipinski definition) is 0. The predicted molar refractivity (Wildman–Crippen MR) is 90.7 cm³/mol. The molecule has 1 nitrogen and oxygen atoms in total. The van der Waals surface area contributed by atoms with Crippen LogP contribution in [0.15, 0.2) is 66.9 Å². The van der Waals surface area contributed by atoms with Gasteiger partial charge in [-0.25, -0.2) is 0 Å². The van der Waals surface area contributed by atoms with E-state index in [9.17, 15) is 0 Å². The van der Waals surface area contributed by atoms with Crippen LogP contribution in [-0.4, -0.2) is 4.57 Å². The zero-order valence-corrected chi connectivity index (χ0v) is 12.7. The maximum absolute atomic E-state index is 2.44. The lowest BCUT2D eigenvalue weighted by Gasteiger charge is -2.21. The van der Waals surface area contributed by atoms with Gasteiger partial charge in [0.1, 0.15) is 0 Å². The lowest BCUT2D eigenvalue weighted by molar-refractivity contribution is 0.517. The molecule has 0 aliphatic rings. The van der Waals surface area contributed by atoms with Gasteiger partial charge in [0.25, 0.3) is 0 Å². The summed E-state index contributed by atoms with van der Waals surface area (Å²) < 4.78 is 2.44. The Morgan fingerprint density at radius 1 is 0.857 bits per heavy atom. The van der Waals surface area contributed by atoms with Crippen molar-refractivity contribution in [3.8, 4) is 0 Å². The van der Waals surface area contributed by atoms with Crippen LogP contribution in [0.4, 0.5) is 0 Å². The van der Waals surface area contributed by atoms with E-state index in [-0.39, 0.29) is 0 Å². The maximum Gasteiger partial charge on any atom is 0.0585 e. The van der Waals surface area contributed by atoms with E-state index in [1.54, 1.807) is 0 Å². The van der Waals surface area contributed by atoms with E-state index in [1.165, 1.54) is 42.1 Å². The molecule has 0 saturated heterocycles. The molecule has 0 spiro atoms. The molecule has 0 aliphatic heterocycles. The lowest BCUT2D eigenvalue weighted by Crippen LogP contribution is -2.09. The van der Waals surface area contributed by atoms with Crippen LogP contribution in [0.3, 0.4) is 0 Å². The van der Waals surface area contributed by atoms with Crippen molar-refractivity contribution >= 4 is 10.9 Å². The summed E-state index contributed by atoms with van der Waals surface area (Å²) in [6.45, 7) is 2.27. The predicted octanol–water partition coefficient (Wildman–Crippen LogP) is 5.81. The number of para-hydroxylation sites is 1. The maximum atomic E-state index is 2.44. The molecule has 3 aromatic rings. The molecule has 0 amide bonds. The second kappa shape index (κ2) is 6.62. The monoisotopic (exact) mass is 277 g/mol. The Bertz CT molecular complexity index is 681. The van der Waals surface area contributed by atoms with Crippen molar-refractivity contribution in [3.63, 3.8) is 0 Å². The van der Waals surface area contributed by atoms with Crippen molar-refractivity contribution in [3.05, 3.63) is 72.4 Å². The van der Waals surface area contributed by atoms with E-state index in [0.29, 0.717) is 6.04 Å². The van der Waals surface area contributed by atoms with Crippen molar-refractivity contribution < 1.29 is 0 Å². The molecule has 1 heteroatoms. The Kier molecular flexibility index (Phi) is 4.40. The first kappa shape index (κ1) is 13.9. The van der Waals surface area contributed by atoms with Gasteiger partial charge in [0, 0.05) is 11.7 Å². The minimum absolute atomic E-state index is 0.442. The zero-order chi connectivity index (χ0) is 14.5. The minimum atomic E-state index is 0.442. The summed E-state index contributed by atoms with van der Waals surface area (Å²) in [5, 5.41) is 1.33. The number of unbranched alkanes of at least 4 members (excludes halogenated alkanes) is 2. The molecule has 1 heterocycles. The number of fused-ring (bicyclic) bond motifs is 1. The summed E-state index contributed by atoms with van der Waals surface area (Å²) in [6.07, 6.45) is 7.31. The Hall–Kier alpha value is -2.02. The molecule has 0 aliphatic carbocycles. The zero-order valence-electron chi connectivity index (χ0n) is 12.7. The summed E-state index contributed by atoms with van der Waals surface area (Å²) in [5.41, 5.74) is 2.75. The molecule has 1 unspecified atom stereocenters. The molecule has 108 valence electrons. The van der Waals surface area contributed by atoms with Crippen molar-refractivity contribution in [2.24, 2.45) is 0 Å². The molecular formula is C20H23N. The number of hydrogen-bond acceptors (Lipinski definition) is 0. The van der Waals surface area contributed by atoms with Crippen LogP contribution < -0.4 is 0 Å². The summed E-state index contributed by atoms with van der Waals surface area (Å²) in [7, 11) is 0. The van der Waals surface area contributed by atoms with Gasteiger partial charge < -0.3 is 4.57 Å². The van der Waals surface area contributed by atoms with Gasteiger partial charge in [-0.3, -0.25) is 0 Å². The molecule has 2 aromatic carbocycles. The Labute approximate surface area is 127 Å². The minimum Gasteiger partial charge on any atom is -0.340 e. The number of nitrogens with zero attached hydrogens (tertiary/aromatic N) is 1. The van der Waals surface area contributed by atoms with Gasteiger partial charge in [0.2, 0.25) is 0 Å². The molecule has 0 N–H and O–H groups in total. The molecule has 0 radical (unpaired) electrons. The number of rotatable bonds is 6. The first-order chi connectivity index (χ1) is 10.4. The fourth-order valence-electron chi connectivity index (χ4n) is 3.11. The van der Waals surface area contributed by atoms with Crippen LogP contribution in [0.5, 0.6) is 0 Å². The molecule has 0 saturated carbocycles. The number of aromatic nitrogens is 1. The van der Waals surface area contributed by atoms with Gasteiger partial charge in [0.05, 0.1) is 6.04 Å². The van der Waals surface area contributed by atoms with Crippen molar-refractivity contribution in [1.82, 2.24) is 4.57 Å². The van der Waals surface area contributed by atoms with Crippen LogP contribution in [0, 0.1) is 0 Å². The van der Waals surface area contributed by atoms with Crippen molar-refractivity contribution in [1.29, 1.82) is 0 Å². The van der Waals surface area contributed by atoms with Crippen LogP contribution in [-0.2, 0) is 0 Å². The molecule has 0 bridgehead atoms. The van der Waals surface area contributed by atoms with Crippen LogP contribution in [0.2, 0.25) is 0 Å². The molecule has 0 fully saturated rings. The smallest absolute Gasteiger partial charge is 0.0585 e. The first-order valence-electron chi connectivity index (χ1n) is 8.00. The van der Waals surface area contributed by atoms with Gasteiger partial charge in [-0.2, -0.15) is 0 Å². The molecule has 1 atom stereocenters. The third-order valence-corrected chi connectivity index (χ3v) is 4.23. The van der Waals surface area contributed by atoms with E-state index in [0.717, 1.165) is 0 Å². The topological polar surface area (TPSA) is 4.93 Å². The van der Waals surface area contributed by atoms with Crippen LogP contribution in [0.1, 0.15) is 44.2 Å². The second-order valence-electron chi connectivity index (χ2n) is 5.70. The summed E-state index contributed by atoms with van der Waals surface area (Å²) in [6, 6.07) is 22.2. The van der Waals surface area contributed by atoms with E-state index in [2.05, 4.69) is 78.4 Å². The second-order valence-corrected chi connectivity index (χ2v) is 5.70. The highest BCUT2D eigenvalue weighted by Gasteiger charge is 2.14. The van der Waals surface area contributed by atoms with Crippen molar-refractivity contribution in [2.45, 2.75) is 38.6 Å². The first-order valence-corrected chi connectivity index (χ1v) is 8.00. The fourth-order valence-corrected chi connectivity index (χ4v) is 3.11. The Morgan fingerprint density at radius 2 is 1.62 bits per heavy atom. The van der Waals surface area contributed by atoms with Crippen LogP contribution >= 0.6 is 0 Å². The van der Waals surface area contributed by atoms with Gasteiger partial charge >= 0.3 is 0 Å². The third kappa shape index (κ3) is 3.02. The quantitative estimate of drug-likeness (QED) is 0.501. The highest BCUT2D eigenvalue weighted by atomic mass is 15.0. The van der Waals surface area contributed by atoms with Gasteiger partial charge in [-0.15, -0.1) is 0 Å². The van der Waals surface area contributed by atoms with E-state index >= 15 is 0 Å². The average molecular weight is 277 g/mol. The lowest BCUT2D eigenvalue weighted by atomic mass is 10.00.